The van der Waals surface area contributed by atoms with Crippen LogP contribution in [0.3, 0.4) is 0 Å². The lowest BCUT2D eigenvalue weighted by Crippen LogP contribution is -1.97. The SMILES string of the molecule is Oc1cnc(C(F)F)c(CCl)c1Br. The molecule has 0 aliphatic carbocycles. The van der Waals surface area contributed by atoms with E-state index in [1.165, 1.54) is 0 Å². The zero-order valence-corrected chi connectivity index (χ0v) is 8.61. The Morgan fingerprint density at radius 1 is 1.62 bits per heavy atom. The minimum absolute atomic E-state index is 0.122. The molecule has 13 heavy (non-hydrogen) atoms. The van der Waals surface area contributed by atoms with E-state index in [0.29, 0.717) is 0 Å². The number of nitrogens with zero attached hydrogens (tertiary/aromatic N) is 1. The first-order chi connectivity index (χ1) is 6.07. The number of aromatic nitrogens is 1. The quantitative estimate of drug-likeness (QED) is 0.839. The van der Waals surface area contributed by atoms with Crippen molar-refractivity contribution in [1.82, 2.24) is 4.98 Å². The van der Waals surface area contributed by atoms with Gasteiger partial charge in [-0.1, -0.05) is 0 Å². The molecular formula is C7H5BrClF2NO. The van der Waals surface area contributed by atoms with Crippen molar-refractivity contribution in [1.29, 1.82) is 0 Å². The van der Waals surface area contributed by atoms with Crippen LogP contribution < -0.4 is 0 Å². The van der Waals surface area contributed by atoms with Crippen molar-refractivity contribution in [3.63, 3.8) is 0 Å². The highest BCUT2D eigenvalue weighted by molar-refractivity contribution is 9.10. The molecule has 72 valence electrons. The fourth-order valence-electron chi connectivity index (χ4n) is 0.847. The van der Waals surface area contributed by atoms with Gasteiger partial charge in [-0.3, -0.25) is 4.98 Å². The highest BCUT2D eigenvalue weighted by Crippen LogP contribution is 2.33. The van der Waals surface area contributed by atoms with Gasteiger partial charge in [-0.15, -0.1) is 11.6 Å². The van der Waals surface area contributed by atoms with Gasteiger partial charge >= 0.3 is 0 Å². The summed E-state index contributed by atoms with van der Waals surface area (Å²) in [6.45, 7) is 0. The number of rotatable bonds is 2. The van der Waals surface area contributed by atoms with Gasteiger partial charge in [0, 0.05) is 5.56 Å². The van der Waals surface area contributed by atoms with Gasteiger partial charge in [-0.25, -0.2) is 8.78 Å². The van der Waals surface area contributed by atoms with Crippen molar-refractivity contribution in [2.75, 3.05) is 0 Å². The van der Waals surface area contributed by atoms with Crippen LogP contribution in [0.25, 0.3) is 0 Å². The van der Waals surface area contributed by atoms with E-state index in [1.54, 1.807) is 0 Å². The molecule has 0 unspecified atom stereocenters. The molecule has 0 saturated heterocycles. The Labute approximate surface area is 86.7 Å². The molecule has 1 N–H and O–H groups in total. The first-order valence-electron chi connectivity index (χ1n) is 3.28. The molecule has 0 saturated carbocycles. The monoisotopic (exact) mass is 271 g/mol. The molecule has 0 fully saturated rings. The van der Waals surface area contributed by atoms with Crippen LogP contribution in [0.4, 0.5) is 8.78 Å². The van der Waals surface area contributed by atoms with Crippen molar-refractivity contribution < 1.29 is 13.9 Å². The van der Waals surface area contributed by atoms with Gasteiger partial charge in [0.15, 0.2) is 0 Å². The Morgan fingerprint density at radius 2 is 2.23 bits per heavy atom. The molecule has 1 aromatic heterocycles. The second kappa shape index (κ2) is 4.19. The molecule has 0 aromatic carbocycles. The lowest BCUT2D eigenvalue weighted by Gasteiger charge is -2.07. The predicted molar refractivity (Wildman–Crippen MR) is 48.1 cm³/mol. The molecular weight excluding hydrogens is 267 g/mol. The molecule has 1 aromatic rings. The topological polar surface area (TPSA) is 33.1 Å². The van der Waals surface area contributed by atoms with Crippen LogP contribution in [0.1, 0.15) is 17.7 Å². The summed E-state index contributed by atoms with van der Waals surface area (Å²) < 4.78 is 24.8. The smallest absolute Gasteiger partial charge is 0.280 e. The van der Waals surface area contributed by atoms with Crippen LogP contribution in [0.2, 0.25) is 0 Å². The Hall–Kier alpha value is -0.420. The first kappa shape index (κ1) is 10.7. The van der Waals surface area contributed by atoms with Crippen molar-refractivity contribution >= 4 is 27.5 Å². The van der Waals surface area contributed by atoms with Gasteiger partial charge < -0.3 is 5.11 Å². The Morgan fingerprint density at radius 3 is 2.69 bits per heavy atom. The number of aromatic hydroxyl groups is 1. The summed E-state index contributed by atoms with van der Waals surface area (Å²) in [6, 6.07) is 0. The van der Waals surface area contributed by atoms with Gasteiger partial charge in [0.2, 0.25) is 0 Å². The van der Waals surface area contributed by atoms with Crippen LogP contribution >= 0.6 is 27.5 Å². The van der Waals surface area contributed by atoms with E-state index >= 15 is 0 Å². The van der Waals surface area contributed by atoms with E-state index in [9.17, 15) is 8.78 Å². The van der Waals surface area contributed by atoms with Gasteiger partial charge in [0.25, 0.3) is 6.43 Å². The highest BCUT2D eigenvalue weighted by Gasteiger charge is 2.18. The van der Waals surface area contributed by atoms with Crippen molar-refractivity contribution in [3.8, 4) is 5.75 Å². The summed E-state index contributed by atoms with van der Waals surface area (Å²) in [5.74, 6) is -0.318. The third kappa shape index (κ3) is 2.08. The second-order valence-electron chi connectivity index (χ2n) is 2.26. The van der Waals surface area contributed by atoms with Gasteiger partial charge in [0.05, 0.1) is 16.5 Å². The van der Waals surface area contributed by atoms with Gasteiger partial charge in [0.1, 0.15) is 11.4 Å². The molecule has 1 heterocycles. The van der Waals surface area contributed by atoms with Crippen molar-refractivity contribution in [2.24, 2.45) is 0 Å². The van der Waals surface area contributed by atoms with Gasteiger partial charge in [-0.05, 0) is 15.9 Å². The third-order valence-electron chi connectivity index (χ3n) is 1.47. The molecule has 0 aliphatic rings. The number of alkyl halides is 3. The molecule has 0 atom stereocenters. The number of hydrogen-bond donors (Lipinski definition) is 1. The molecule has 1 rings (SSSR count). The van der Waals surface area contributed by atoms with Gasteiger partial charge in [-0.2, -0.15) is 0 Å². The van der Waals surface area contributed by atoms with E-state index in [2.05, 4.69) is 20.9 Å². The summed E-state index contributed by atoms with van der Waals surface area (Å²) >= 11 is 8.39. The fourth-order valence-corrected chi connectivity index (χ4v) is 1.73. The molecule has 2 nitrogen and oxygen atoms in total. The molecule has 0 spiro atoms. The summed E-state index contributed by atoms with van der Waals surface area (Å²) in [6.07, 6.45) is -1.73. The van der Waals surface area contributed by atoms with E-state index in [1.807, 2.05) is 0 Å². The van der Waals surface area contributed by atoms with Crippen LogP contribution in [0.15, 0.2) is 10.7 Å². The minimum Gasteiger partial charge on any atom is -0.505 e. The highest BCUT2D eigenvalue weighted by atomic mass is 79.9. The summed E-state index contributed by atoms with van der Waals surface area (Å²) in [4.78, 5) is 3.39. The minimum atomic E-state index is -2.69. The molecule has 6 heteroatoms. The maximum absolute atomic E-state index is 12.3. The number of halogens is 4. The standard InChI is InChI=1S/C7H5BrClF2NO/c8-5-3(1-9)6(7(10)11)12-2-4(5)13/h2,7,13H,1H2. The van der Waals surface area contributed by atoms with Crippen LogP contribution in [0, 0.1) is 0 Å². The van der Waals surface area contributed by atoms with E-state index < -0.39 is 12.1 Å². The predicted octanol–water partition coefficient (Wildman–Crippen LogP) is 3.23. The first-order valence-corrected chi connectivity index (χ1v) is 4.61. The second-order valence-corrected chi connectivity index (χ2v) is 3.32. The lowest BCUT2D eigenvalue weighted by atomic mass is 10.2. The summed E-state index contributed by atoms with van der Waals surface area (Å²) in [5, 5.41) is 9.12. The third-order valence-corrected chi connectivity index (χ3v) is 2.62. The summed E-state index contributed by atoms with van der Waals surface area (Å²) in [5.41, 5.74) is -0.281. The van der Waals surface area contributed by atoms with Crippen LogP contribution in [-0.4, -0.2) is 10.1 Å². The Balaban J connectivity index is 3.30. The fraction of sp³-hybridized carbons (Fsp3) is 0.286. The number of pyridine rings is 1. The normalized spacial score (nSPS) is 10.8. The lowest BCUT2D eigenvalue weighted by molar-refractivity contribution is 0.145. The van der Waals surface area contributed by atoms with E-state index in [0.717, 1.165) is 6.20 Å². The Bertz CT molecular complexity index is 322. The van der Waals surface area contributed by atoms with Crippen molar-refractivity contribution in [2.45, 2.75) is 12.3 Å². The average molecular weight is 272 g/mol. The molecule has 0 radical (unpaired) electrons. The zero-order valence-electron chi connectivity index (χ0n) is 6.27. The van der Waals surface area contributed by atoms with Crippen LogP contribution in [0.5, 0.6) is 5.75 Å². The largest absolute Gasteiger partial charge is 0.505 e. The maximum atomic E-state index is 12.3. The Kier molecular flexibility index (Phi) is 3.44. The van der Waals surface area contributed by atoms with Crippen molar-refractivity contribution in [3.05, 3.63) is 21.9 Å². The summed E-state index contributed by atoms with van der Waals surface area (Å²) in [7, 11) is 0. The maximum Gasteiger partial charge on any atom is 0.280 e. The molecule has 0 aliphatic heterocycles. The average Bonchev–Trinajstić information content (AvgIpc) is 2.09. The van der Waals surface area contributed by atoms with Crippen LogP contribution in [-0.2, 0) is 5.88 Å². The molecule has 0 amide bonds. The van der Waals surface area contributed by atoms with E-state index in [4.69, 9.17) is 16.7 Å². The zero-order chi connectivity index (χ0) is 10.0. The van der Waals surface area contributed by atoms with E-state index in [-0.39, 0.29) is 21.7 Å². The number of hydrogen-bond acceptors (Lipinski definition) is 2. The molecule has 0 bridgehead atoms.